The summed E-state index contributed by atoms with van der Waals surface area (Å²) in [6.45, 7) is 0.156. The lowest BCUT2D eigenvalue weighted by atomic mass is 9.96. The number of nitrogens with zero attached hydrogens (tertiary/aromatic N) is 3. The minimum Gasteiger partial charge on any atom is -0.396 e. The molecule has 0 amide bonds. The molecule has 0 bridgehead atoms. The number of hydrogen-bond acceptors (Lipinski definition) is 3. The van der Waals surface area contributed by atoms with E-state index in [1.807, 2.05) is 10.9 Å². The predicted octanol–water partition coefficient (Wildman–Crippen LogP) is 1.32. The van der Waals surface area contributed by atoms with Crippen LogP contribution in [0.1, 0.15) is 43.8 Å². The second-order valence-corrected chi connectivity index (χ2v) is 3.96. The molecular weight excluding hydrogens is 178 g/mol. The highest BCUT2D eigenvalue weighted by molar-refractivity contribution is 4.93. The largest absolute Gasteiger partial charge is 0.396 e. The highest BCUT2D eigenvalue weighted by atomic mass is 16.3. The summed E-state index contributed by atoms with van der Waals surface area (Å²) >= 11 is 0. The van der Waals surface area contributed by atoms with Gasteiger partial charge in [0.1, 0.15) is 0 Å². The maximum atomic E-state index is 8.76. The first-order valence-corrected chi connectivity index (χ1v) is 5.41. The van der Waals surface area contributed by atoms with Gasteiger partial charge < -0.3 is 5.11 Å². The third kappa shape index (κ3) is 2.12. The van der Waals surface area contributed by atoms with Crippen molar-refractivity contribution in [3.05, 3.63) is 11.9 Å². The van der Waals surface area contributed by atoms with Crippen LogP contribution in [0.4, 0.5) is 0 Å². The molecule has 1 N–H and O–H groups in total. The summed E-state index contributed by atoms with van der Waals surface area (Å²) in [6.07, 6.45) is 9.01. The van der Waals surface area contributed by atoms with Crippen molar-refractivity contribution in [2.24, 2.45) is 0 Å². The zero-order chi connectivity index (χ0) is 9.80. The van der Waals surface area contributed by atoms with Crippen LogP contribution in [0.15, 0.2) is 6.20 Å². The molecule has 0 unspecified atom stereocenters. The Morgan fingerprint density at radius 1 is 1.36 bits per heavy atom. The van der Waals surface area contributed by atoms with E-state index in [1.165, 1.54) is 32.1 Å². The third-order valence-corrected chi connectivity index (χ3v) is 2.87. The van der Waals surface area contributed by atoms with Crippen molar-refractivity contribution in [3.63, 3.8) is 0 Å². The van der Waals surface area contributed by atoms with E-state index in [0.29, 0.717) is 12.5 Å². The van der Waals surface area contributed by atoms with Crippen molar-refractivity contribution in [3.8, 4) is 0 Å². The lowest BCUT2D eigenvalue weighted by Gasteiger charge is -2.20. The van der Waals surface area contributed by atoms with Crippen LogP contribution < -0.4 is 0 Å². The van der Waals surface area contributed by atoms with Gasteiger partial charge >= 0.3 is 0 Å². The number of rotatable bonds is 3. The van der Waals surface area contributed by atoms with Crippen LogP contribution in [0, 0.1) is 0 Å². The van der Waals surface area contributed by atoms with Crippen molar-refractivity contribution in [1.82, 2.24) is 15.0 Å². The molecule has 4 nitrogen and oxygen atoms in total. The fourth-order valence-electron chi connectivity index (χ4n) is 2.07. The average molecular weight is 195 g/mol. The van der Waals surface area contributed by atoms with Crippen molar-refractivity contribution < 1.29 is 5.11 Å². The van der Waals surface area contributed by atoms with Gasteiger partial charge in [-0.3, -0.25) is 0 Å². The van der Waals surface area contributed by atoms with E-state index in [9.17, 15) is 0 Å². The molecule has 1 aliphatic carbocycles. The summed E-state index contributed by atoms with van der Waals surface area (Å²) < 4.78 is 1.98. The molecule has 0 aromatic carbocycles. The van der Waals surface area contributed by atoms with E-state index in [1.54, 1.807) is 0 Å². The summed E-state index contributed by atoms with van der Waals surface area (Å²) in [5, 5.41) is 16.9. The Kier molecular flexibility index (Phi) is 3.14. The highest BCUT2D eigenvalue weighted by Gasteiger charge is 2.16. The van der Waals surface area contributed by atoms with Gasteiger partial charge in [-0.2, -0.15) is 0 Å². The Morgan fingerprint density at radius 2 is 2.14 bits per heavy atom. The van der Waals surface area contributed by atoms with E-state index in [0.717, 1.165) is 5.69 Å². The fourth-order valence-corrected chi connectivity index (χ4v) is 2.07. The molecule has 78 valence electrons. The van der Waals surface area contributed by atoms with Gasteiger partial charge in [0.05, 0.1) is 11.7 Å². The van der Waals surface area contributed by atoms with E-state index in [2.05, 4.69) is 10.3 Å². The molecule has 1 heterocycles. The first kappa shape index (κ1) is 9.65. The molecule has 0 radical (unpaired) electrons. The normalized spacial score (nSPS) is 18.6. The van der Waals surface area contributed by atoms with Crippen LogP contribution in [-0.2, 0) is 6.42 Å². The van der Waals surface area contributed by atoms with Gasteiger partial charge in [0.25, 0.3) is 0 Å². The Bertz CT molecular complexity index is 279. The molecule has 2 rings (SSSR count). The first-order valence-electron chi connectivity index (χ1n) is 5.41. The lowest BCUT2D eigenvalue weighted by Crippen LogP contribution is -2.13. The standard InChI is InChI=1S/C10H17N3O/c14-7-6-9-8-13(12-11-9)10-4-2-1-3-5-10/h8,10,14H,1-7H2. The molecule has 1 fully saturated rings. The molecule has 0 atom stereocenters. The summed E-state index contributed by atoms with van der Waals surface area (Å²) in [5.41, 5.74) is 0.901. The van der Waals surface area contributed by atoms with Gasteiger partial charge in [-0.15, -0.1) is 5.10 Å². The fraction of sp³-hybridized carbons (Fsp3) is 0.800. The lowest BCUT2D eigenvalue weighted by molar-refractivity contribution is 0.298. The molecule has 1 aromatic heterocycles. The maximum Gasteiger partial charge on any atom is 0.0850 e. The van der Waals surface area contributed by atoms with Crippen LogP contribution >= 0.6 is 0 Å². The highest BCUT2D eigenvalue weighted by Crippen LogP contribution is 2.27. The van der Waals surface area contributed by atoms with Crippen molar-refractivity contribution in [1.29, 1.82) is 0 Å². The monoisotopic (exact) mass is 195 g/mol. The van der Waals surface area contributed by atoms with E-state index in [-0.39, 0.29) is 6.61 Å². The van der Waals surface area contributed by atoms with Crippen LogP contribution in [0.25, 0.3) is 0 Å². The number of hydrogen-bond donors (Lipinski definition) is 1. The summed E-state index contributed by atoms with van der Waals surface area (Å²) in [6, 6.07) is 0.545. The Labute approximate surface area is 83.9 Å². The third-order valence-electron chi connectivity index (χ3n) is 2.87. The smallest absolute Gasteiger partial charge is 0.0850 e. The molecule has 4 heteroatoms. The zero-order valence-corrected chi connectivity index (χ0v) is 8.39. The Hall–Kier alpha value is -0.900. The molecule has 1 aliphatic rings. The first-order chi connectivity index (χ1) is 6.90. The van der Waals surface area contributed by atoms with Gasteiger partial charge in [0.15, 0.2) is 0 Å². The zero-order valence-electron chi connectivity index (χ0n) is 8.39. The molecule has 14 heavy (non-hydrogen) atoms. The second kappa shape index (κ2) is 4.55. The topological polar surface area (TPSA) is 50.9 Å². The molecule has 0 saturated heterocycles. The van der Waals surface area contributed by atoms with Gasteiger partial charge in [0.2, 0.25) is 0 Å². The van der Waals surface area contributed by atoms with Crippen molar-refractivity contribution in [2.45, 2.75) is 44.6 Å². The SMILES string of the molecule is OCCc1cn(C2CCCCC2)nn1. The molecule has 0 aliphatic heterocycles. The summed E-state index contributed by atoms with van der Waals surface area (Å²) in [7, 11) is 0. The number of aliphatic hydroxyl groups excluding tert-OH is 1. The van der Waals surface area contributed by atoms with Crippen LogP contribution in [-0.4, -0.2) is 26.7 Å². The van der Waals surface area contributed by atoms with Crippen LogP contribution in [0.3, 0.4) is 0 Å². The average Bonchev–Trinajstić information content (AvgIpc) is 2.68. The quantitative estimate of drug-likeness (QED) is 0.791. The van der Waals surface area contributed by atoms with Gasteiger partial charge in [-0.1, -0.05) is 24.5 Å². The maximum absolute atomic E-state index is 8.76. The Morgan fingerprint density at radius 3 is 2.86 bits per heavy atom. The number of aliphatic hydroxyl groups is 1. The minimum absolute atomic E-state index is 0.156. The van der Waals surface area contributed by atoms with Gasteiger partial charge in [-0.05, 0) is 12.8 Å². The van der Waals surface area contributed by atoms with Crippen LogP contribution in [0.5, 0.6) is 0 Å². The van der Waals surface area contributed by atoms with Crippen molar-refractivity contribution >= 4 is 0 Å². The molecule has 1 saturated carbocycles. The molecular formula is C10H17N3O. The minimum atomic E-state index is 0.156. The van der Waals surface area contributed by atoms with Gasteiger partial charge in [-0.25, -0.2) is 4.68 Å². The Balaban J connectivity index is 2.00. The molecule has 1 aromatic rings. The van der Waals surface area contributed by atoms with E-state index in [4.69, 9.17) is 5.11 Å². The summed E-state index contributed by atoms with van der Waals surface area (Å²) in [5.74, 6) is 0. The van der Waals surface area contributed by atoms with Crippen LogP contribution in [0.2, 0.25) is 0 Å². The van der Waals surface area contributed by atoms with Gasteiger partial charge in [0, 0.05) is 19.2 Å². The van der Waals surface area contributed by atoms with E-state index < -0.39 is 0 Å². The predicted molar refractivity (Wildman–Crippen MR) is 52.9 cm³/mol. The second-order valence-electron chi connectivity index (χ2n) is 3.96. The summed E-state index contributed by atoms with van der Waals surface area (Å²) in [4.78, 5) is 0. The number of aromatic nitrogens is 3. The van der Waals surface area contributed by atoms with E-state index >= 15 is 0 Å². The molecule has 0 spiro atoms. The van der Waals surface area contributed by atoms with Crippen molar-refractivity contribution in [2.75, 3.05) is 6.61 Å².